The Balaban J connectivity index is 1.32. The van der Waals surface area contributed by atoms with Gasteiger partial charge in [0.1, 0.15) is 0 Å². The summed E-state index contributed by atoms with van der Waals surface area (Å²) < 4.78 is 28.6. The Morgan fingerprint density at radius 1 is 0.722 bits per heavy atom. The predicted molar refractivity (Wildman–Crippen MR) is 141 cm³/mol. The van der Waals surface area contributed by atoms with Gasteiger partial charge in [0, 0.05) is 52.4 Å². The highest BCUT2D eigenvalue weighted by molar-refractivity contribution is 7.92. The second-order valence-corrected chi connectivity index (χ2v) is 9.58. The van der Waals surface area contributed by atoms with Crippen LogP contribution in [0, 0.1) is 11.3 Å². The Hall–Kier alpha value is -4.94. The monoisotopic (exact) mass is 492 g/mol. The number of anilines is 5. The van der Waals surface area contributed by atoms with Gasteiger partial charge in [0.25, 0.3) is 10.0 Å². The number of rotatable bonds is 7. The fraction of sp³-hybridized carbons (Fsp3) is 0. The molecule has 0 aliphatic carbocycles. The lowest BCUT2D eigenvalue weighted by Gasteiger charge is -2.12. The van der Waals surface area contributed by atoms with E-state index in [0.29, 0.717) is 16.9 Å². The molecule has 176 valence electrons. The maximum Gasteiger partial charge on any atom is 0.261 e. The van der Waals surface area contributed by atoms with Crippen LogP contribution < -0.4 is 15.4 Å². The lowest BCUT2D eigenvalue weighted by atomic mass is 10.1. The number of hydrogen-bond acceptors (Lipinski definition) is 7. The van der Waals surface area contributed by atoms with Gasteiger partial charge < -0.3 is 10.6 Å². The molecule has 3 aromatic carbocycles. The molecule has 0 fully saturated rings. The van der Waals surface area contributed by atoms with Crippen LogP contribution in [-0.4, -0.2) is 18.4 Å². The first-order valence-corrected chi connectivity index (χ1v) is 12.4. The number of nitrogens with one attached hydrogen (secondary N) is 3. The molecule has 0 aliphatic rings. The summed E-state index contributed by atoms with van der Waals surface area (Å²) in [5.41, 5.74) is 4.75. The Morgan fingerprint density at radius 2 is 1.47 bits per heavy atom. The highest BCUT2D eigenvalue weighted by Gasteiger charge is 2.15. The van der Waals surface area contributed by atoms with Crippen molar-refractivity contribution >= 4 is 49.4 Å². The highest BCUT2D eigenvalue weighted by Crippen LogP contribution is 2.27. The van der Waals surface area contributed by atoms with Crippen molar-refractivity contribution in [2.75, 3.05) is 15.4 Å². The summed E-state index contributed by atoms with van der Waals surface area (Å²) in [4.78, 5) is 8.45. The first kappa shape index (κ1) is 22.8. The van der Waals surface area contributed by atoms with Gasteiger partial charge in [-0.15, -0.1) is 0 Å². The first-order valence-electron chi connectivity index (χ1n) is 11.0. The molecular weight excluding hydrogens is 472 g/mol. The second-order valence-electron chi connectivity index (χ2n) is 7.90. The SMILES string of the molecule is N#Cc1ccc2nccc(Nc3ccc(NS(=O)(=O)c4cccc(Nc5ccncc5)c4)cc3)c2c1. The summed E-state index contributed by atoms with van der Waals surface area (Å²) >= 11 is 0. The highest BCUT2D eigenvalue weighted by atomic mass is 32.2. The van der Waals surface area contributed by atoms with E-state index in [4.69, 9.17) is 0 Å². The predicted octanol–water partition coefficient (Wildman–Crippen LogP) is 5.79. The van der Waals surface area contributed by atoms with E-state index >= 15 is 0 Å². The zero-order chi connectivity index (χ0) is 25.0. The molecule has 5 aromatic rings. The molecule has 0 unspecified atom stereocenters. The van der Waals surface area contributed by atoms with E-state index in [1.165, 1.54) is 0 Å². The molecule has 0 aliphatic heterocycles. The van der Waals surface area contributed by atoms with E-state index in [1.54, 1.807) is 97.5 Å². The van der Waals surface area contributed by atoms with Crippen LogP contribution in [0.5, 0.6) is 0 Å². The number of hydrogen-bond donors (Lipinski definition) is 3. The molecule has 36 heavy (non-hydrogen) atoms. The molecule has 9 heteroatoms. The van der Waals surface area contributed by atoms with Crippen molar-refractivity contribution in [3.63, 3.8) is 0 Å². The van der Waals surface area contributed by atoms with Gasteiger partial charge in [-0.05, 0) is 78.9 Å². The van der Waals surface area contributed by atoms with Crippen LogP contribution in [0.3, 0.4) is 0 Å². The van der Waals surface area contributed by atoms with Gasteiger partial charge in [-0.2, -0.15) is 5.26 Å². The van der Waals surface area contributed by atoms with Crippen LogP contribution in [0.25, 0.3) is 10.9 Å². The van der Waals surface area contributed by atoms with Gasteiger partial charge in [0.2, 0.25) is 0 Å². The number of benzene rings is 3. The molecule has 3 N–H and O–H groups in total. The van der Waals surface area contributed by atoms with Crippen molar-refractivity contribution in [2.45, 2.75) is 4.90 Å². The van der Waals surface area contributed by atoms with E-state index in [9.17, 15) is 13.7 Å². The third-order valence-electron chi connectivity index (χ3n) is 5.40. The molecular formula is C27H20N6O2S. The topological polar surface area (TPSA) is 120 Å². The Labute approximate surface area is 208 Å². The number of nitrogens with zero attached hydrogens (tertiary/aromatic N) is 3. The third kappa shape index (κ3) is 5.09. The van der Waals surface area contributed by atoms with E-state index in [1.807, 2.05) is 6.07 Å². The molecule has 0 saturated carbocycles. The van der Waals surface area contributed by atoms with Crippen molar-refractivity contribution in [3.05, 3.63) is 109 Å². The van der Waals surface area contributed by atoms with Crippen molar-refractivity contribution in [1.82, 2.24) is 9.97 Å². The Kier molecular flexibility index (Phi) is 6.18. The van der Waals surface area contributed by atoms with E-state index in [0.717, 1.165) is 28.0 Å². The molecule has 0 atom stereocenters. The molecule has 0 amide bonds. The van der Waals surface area contributed by atoms with Gasteiger partial charge in [-0.25, -0.2) is 8.42 Å². The summed E-state index contributed by atoms with van der Waals surface area (Å²) in [6.45, 7) is 0. The van der Waals surface area contributed by atoms with Gasteiger partial charge in [0.15, 0.2) is 0 Å². The molecule has 0 saturated heterocycles. The van der Waals surface area contributed by atoms with Crippen LogP contribution in [-0.2, 0) is 10.0 Å². The normalized spacial score (nSPS) is 11.0. The lowest BCUT2D eigenvalue weighted by molar-refractivity contribution is 0.601. The fourth-order valence-corrected chi connectivity index (χ4v) is 4.76. The van der Waals surface area contributed by atoms with Crippen LogP contribution >= 0.6 is 0 Å². The van der Waals surface area contributed by atoms with Crippen molar-refractivity contribution in [2.24, 2.45) is 0 Å². The van der Waals surface area contributed by atoms with Crippen molar-refractivity contribution in [3.8, 4) is 6.07 Å². The average molecular weight is 493 g/mol. The minimum absolute atomic E-state index is 0.139. The quantitative estimate of drug-likeness (QED) is 0.263. The number of fused-ring (bicyclic) bond motifs is 1. The summed E-state index contributed by atoms with van der Waals surface area (Å²) in [5.74, 6) is 0. The second kappa shape index (κ2) is 9.74. The zero-order valence-electron chi connectivity index (χ0n) is 18.9. The van der Waals surface area contributed by atoms with Crippen LogP contribution in [0.4, 0.5) is 28.4 Å². The largest absolute Gasteiger partial charge is 0.355 e. The van der Waals surface area contributed by atoms with Gasteiger partial charge >= 0.3 is 0 Å². The third-order valence-corrected chi connectivity index (χ3v) is 6.78. The summed E-state index contributed by atoms with van der Waals surface area (Å²) in [6, 6.07) is 26.4. The maximum absolute atomic E-state index is 13.0. The van der Waals surface area contributed by atoms with Crippen molar-refractivity contribution < 1.29 is 8.42 Å². The van der Waals surface area contributed by atoms with Crippen molar-refractivity contribution in [1.29, 1.82) is 5.26 Å². The number of nitriles is 1. The van der Waals surface area contributed by atoms with Gasteiger partial charge in [0.05, 0.1) is 22.0 Å². The van der Waals surface area contributed by atoms with E-state index in [-0.39, 0.29) is 4.90 Å². The average Bonchev–Trinajstić information content (AvgIpc) is 2.90. The van der Waals surface area contributed by atoms with Crippen LogP contribution in [0.2, 0.25) is 0 Å². The molecule has 0 radical (unpaired) electrons. The smallest absolute Gasteiger partial charge is 0.261 e. The lowest BCUT2D eigenvalue weighted by Crippen LogP contribution is -2.13. The standard InChI is InChI=1S/C27H20N6O2S/c28-18-19-4-9-26-25(16-19)27(12-15-30-26)32-20-5-7-22(8-6-20)33-36(34,35)24-3-1-2-23(17-24)31-21-10-13-29-14-11-21/h1-17,33H,(H,29,31)(H,30,32). The Bertz CT molecular complexity index is 1680. The summed E-state index contributed by atoms with van der Waals surface area (Å²) in [6.07, 6.45) is 5.00. The summed E-state index contributed by atoms with van der Waals surface area (Å²) in [5, 5.41) is 16.5. The maximum atomic E-state index is 13.0. The van der Waals surface area contributed by atoms with Crippen LogP contribution in [0.15, 0.2) is 108 Å². The summed E-state index contributed by atoms with van der Waals surface area (Å²) in [7, 11) is -3.80. The molecule has 0 bridgehead atoms. The first-order chi connectivity index (χ1) is 17.5. The van der Waals surface area contributed by atoms with Gasteiger partial charge in [-0.3, -0.25) is 14.7 Å². The van der Waals surface area contributed by atoms with Crippen LogP contribution in [0.1, 0.15) is 5.56 Å². The number of aromatic nitrogens is 2. The molecule has 5 rings (SSSR count). The van der Waals surface area contributed by atoms with E-state index < -0.39 is 10.0 Å². The van der Waals surface area contributed by atoms with Gasteiger partial charge in [-0.1, -0.05) is 6.07 Å². The molecule has 2 heterocycles. The molecule has 2 aromatic heterocycles. The molecule has 8 nitrogen and oxygen atoms in total. The zero-order valence-corrected chi connectivity index (χ0v) is 19.7. The minimum Gasteiger partial charge on any atom is -0.355 e. The number of sulfonamides is 1. The van der Waals surface area contributed by atoms with E-state index in [2.05, 4.69) is 31.4 Å². The fourth-order valence-electron chi connectivity index (χ4n) is 3.66. The molecule has 0 spiro atoms. The number of pyridine rings is 2. The minimum atomic E-state index is -3.80. The Morgan fingerprint density at radius 3 is 2.25 bits per heavy atom.